The van der Waals surface area contributed by atoms with Crippen molar-refractivity contribution in [1.82, 2.24) is 0 Å². The molecule has 240 valence electrons. The summed E-state index contributed by atoms with van der Waals surface area (Å²) in [6.45, 7) is 7.22. The van der Waals surface area contributed by atoms with Crippen LogP contribution in [0.4, 0.5) is 0 Å². The van der Waals surface area contributed by atoms with Crippen LogP contribution in [0.15, 0.2) is 60.7 Å². The molecule has 4 rings (SSSR count). The first-order valence-corrected chi connectivity index (χ1v) is 14.5. The van der Waals surface area contributed by atoms with Crippen LogP contribution in [-0.2, 0) is 65.5 Å². The Labute approximate surface area is 256 Å². The van der Waals surface area contributed by atoms with E-state index in [2.05, 4.69) is 0 Å². The zero-order valence-electron chi connectivity index (χ0n) is 25.4. The average Bonchev–Trinajstić information content (AvgIpc) is 2.97. The number of aliphatic hydroxyl groups is 1. The molecule has 0 amide bonds. The van der Waals surface area contributed by atoms with Crippen LogP contribution in [0, 0.1) is 0 Å². The number of ether oxygens (including phenoxy) is 8. The SMILES string of the molecule is CC(=O)O[C@@H]1[C@@H](OC(C)=O)[C@H](C)O[C@@H](O[C@@H]2[C@@H](OCc3ccccc3)[C@@H](O)O[C@H](C)[C@H]2OCc2ccccc2)[C@@H]1OC(C)=O. The molecule has 2 aromatic rings. The normalized spacial score (nSPS) is 32.0. The number of hydrogen-bond acceptors (Lipinski definition) is 12. The summed E-state index contributed by atoms with van der Waals surface area (Å²) in [6.07, 6.45) is -10.9. The van der Waals surface area contributed by atoms with E-state index in [4.69, 9.17) is 37.9 Å². The van der Waals surface area contributed by atoms with Gasteiger partial charge in [-0.25, -0.2) is 0 Å². The number of carbonyl (C=O) groups is 3. The second-order valence-electron chi connectivity index (χ2n) is 10.8. The average molecular weight is 617 g/mol. The van der Waals surface area contributed by atoms with E-state index >= 15 is 0 Å². The molecule has 0 radical (unpaired) electrons. The molecule has 10 atom stereocenters. The predicted molar refractivity (Wildman–Crippen MR) is 152 cm³/mol. The Kier molecular flexibility index (Phi) is 11.8. The van der Waals surface area contributed by atoms with E-state index < -0.39 is 79.3 Å². The van der Waals surface area contributed by atoms with Crippen molar-refractivity contribution in [3.63, 3.8) is 0 Å². The number of aliphatic hydroxyl groups excluding tert-OH is 1. The molecule has 0 saturated carbocycles. The van der Waals surface area contributed by atoms with Gasteiger partial charge in [-0.3, -0.25) is 14.4 Å². The lowest BCUT2D eigenvalue weighted by Crippen LogP contribution is -2.65. The van der Waals surface area contributed by atoms with Crippen LogP contribution in [0.3, 0.4) is 0 Å². The topological polar surface area (TPSA) is 145 Å². The molecule has 0 aliphatic carbocycles. The summed E-state index contributed by atoms with van der Waals surface area (Å²) in [5.74, 6) is -2.05. The molecule has 44 heavy (non-hydrogen) atoms. The van der Waals surface area contributed by atoms with Gasteiger partial charge < -0.3 is 43.0 Å². The Balaban J connectivity index is 1.67. The molecule has 0 aromatic heterocycles. The van der Waals surface area contributed by atoms with Gasteiger partial charge in [-0.1, -0.05) is 60.7 Å². The van der Waals surface area contributed by atoms with Gasteiger partial charge in [0.05, 0.1) is 25.4 Å². The zero-order valence-corrected chi connectivity index (χ0v) is 25.4. The van der Waals surface area contributed by atoms with Gasteiger partial charge in [0.15, 0.2) is 30.9 Å². The van der Waals surface area contributed by atoms with Crippen LogP contribution >= 0.6 is 0 Å². The van der Waals surface area contributed by atoms with E-state index in [1.165, 1.54) is 20.8 Å². The van der Waals surface area contributed by atoms with Gasteiger partial charge in [0.2, 0.25) is 0 Å². The van der Waals surface area contributed by atoms with Gasteiger partial charge in [-0.15, -0.1) is 0 Å². The van der Waals surface area contributed by atoms with Crippen molar-refractivity contribution < 1.29 is 57.4 Å². The quantitative estimate of drug-likeness (QED) is 0.293. The number of carbonyl (C=O) groups excluding carboxylic acids is 3. The first-order valence-electron chi connectivity index (χ1n) is 14.5. The Morgan fingerprint density at radius 1 is 0.614 bits per heavy atom. The Hall–Kier alpha value is -3.39. The van der Waals surface area contributed by atoms with Gasteiger partial charge in [-0.2, -0.15) is 0 Å². The molecule has 0 bridgehead atoms. The molecule has 2 saturated heterocycles. The Bertz CT molecular complexity index is 1170. The van der Waals surface area contributed by atoms with Crippen molar-refractivity contribution in [3.8, 4) is 0 Å². The third-order valence-electron chi connectivity index (χ3n) is 7.24. The van der Waals surface area contributed by atoms with Crippen molar-refractivity contribution in [2.45, 2.75) is 109 Å². The molecule has 12 heteroatoms. The third kappa shape index (κ3) is 8.84. The summed E-state index contributed by atoms with van der Waals surface area (Å²) in [7, 11) is 0. The number of hydrogen-bond donors (Lipinski definition) is 1. The van der Waals surface area contributed by atoms with E-state index in [-0.39, 0.29) is 13.2 Å². The molecule has 2 fully saturated rings. The fraction of sp³-hybridized carbons (Fsp3) is 0.531. The molecule has 12 nitrogen and oxygen atoms in total. The summed E-state index contributed by atoms with van der Waals surface area (Å²) in [5.41, 5.74) is 1.74. The van der Waals surface area contributed by atoms with Gasteiger partial charge in [0.1, 0.15) is 18.3 Å². The molecule has 0 unspecified atom stereocenters. The van der Waals surface area contributed by atoms with Crippen molar-refractivity contribution >= 4 is 17.9 Å². The van der Waals surface area contributed by atoms with Crippen LogP contribution in [0.2, 0.25) is 0 Å². The number of benzene rings is 2. The standard InChI is InChI=1S/C32H40O12/c1-18-25(37-16-23-12-8-6-9-13-23)27(29(31(36)39-18)38-17-24-14-10-7-11-15-24)44-32-30(43-22(5)35)28(42-21(4)34)26(19(2)40-32)41-20(3)33/h6-15,18-19,25-32,36H,16-17H2,1-5H3/t18-,19+,25-,26+,27+,28-,29-,30-,31+,32+/m1/s1. The number of rotatable bonds is 11. The highest BCUT2D eigenvalue weighted by Crippen LogP contribution is 2.34. The third-order valence-corrected chi connectivity index (χ3v) is 7.24. The molecule has 0 spiro atoms. The summed E-state index contributed by atoms with van der Waals surface area (Å²) < 4.78 is 47.5. The van der Waals surface area contributed by atoms with Crippen molar-refractivity contribution in [2.75, 3.05) is 0 Å². The lowest BCUT2D eigenvalue weighted by atomic mass is 9.96. The highest BCUT2D eigenvalue weighted by molar-refractivity contribution is 5.68. The summed E-state index contributed by atoms with van der Waals surface area (Å²) in [4.78, 5) is 36.3. The lowest BCUT2D eigenvalue weighted by Gasteiger charge is -2.48. The second-order valence-corrected chi connectivity index (χ2v) is 10.8. The maximum absolute atomic E-state index is 12.3. The van der Waals surface area contributed by atoms with Gasteiger partial charge in [-0.05, 0) is 25.0 Å². The van der Waals surface area contributed by atoms with Crippen LogP contribution in [-0.4, -0.2) is 84.4 Å². The minimum absolute atomic E-state index is 0.117. The highest BCUT2D eigenvalue weighted by Gasteiger charge is 2.54. The Morgan fingerprint density at radius 2 is 1.07 bits per heavy atom. The van der Waals surface area contributed by atoms with E-state index in [9.17, 15) is 19.5 Å². The van der Waals surface area contributed by atoms with Crippen LogP contribution in [0.1, 0.15) is 45.7 Å². The molecular weight excluding hydrogens is 576 g/mol. The summed E-state index contributed by atoms with van der Waals surface area (Å²) in [5, 5.41) is 11.1. The smallest absolute Gasteiger partial charge is 0.303 e. The van der Waals surface area contributed by atoms with Gasteiger partial charge in [0, 0.05) is 20.8 Å². The molecule has 2 aromatic carbocycles. The minimum atomic E-state index is -1.42. The van der Waals surface area contributed by atoms with Gasteiger partial charge >= 0.3 is 17.9 Å². The second kappa shape index (κ2) is 15.6. The van der Waals surface area contributed by atoms with Crippen molar-refractivity contribution in [3.05, 3.63) is 71.8 Å². The van der Waals surface area contributed by atoms with Crippen molar-refractivity contribution in [1.29, 1.82) is 0 Å². The zero-order chi connectivity index (χ0) is 31.8. The molecule has 2 aliphatic heterocycles. The van der Waals surface area contributed by atoms with Crippen LogP contribution in [0.5, 0.6) is 0 Å². The summed E-state index contributed by atoms with van der Waals surface area (Å²) in [6, 6.07) is 18.8. The molecular formula is C32H40O12. The monoisotopic (exact) mass is 616 g/mol. The van der Waals surface area contributed by atoms with E-state index in [1.54, 1.807) is 13.8 Å². The van der Waals surface area contributed by atoms with E-state index in [1.807, 2.05) is 60.7 Å². The van der Waals surface area contributed by atoms with E-state index in [0.717, 1.165) is 11.1 Å². The van der Waals surface area contributed by atoms with Gasteiger partial charge in [0.25, 0.3) is 0 Å². The largest absolute Gasteiger partial charge is 0.456 e. The molecule has 1 N–H and O–H groups in total. The van der Waals surface area contributed by atoms with Crippen LogP contribution in [0.25, 0.3) is 0 Å². The fourth-order valence-electron chi connectivity index (χ4n) is 5.32. The van der Waals surface area contributed by atoms with E-state index in [0.29, 0.717) is 0 Å². The molecule has 2 aliphatic rings. The predicted octanol–water partition coefficient (Wildman–Crippen LogP) is 2.82. The first-order chi connectivity index (χ1) is 21.0. The highest BCUT2D eigenvalue weighted by atomic mass is 16.7. The number of esters is 3. The maximum Gasteiger partial charge on any atom is 0.303 e. The molecule has 2 heterocycles. The van der Waals surface area contributed by atoms with Crippen LogP contribution < -0.4 is 0 Å². The fourth-order valence-corrected chi connectivity index (χ4v) is 5.32. The van der Waals surface area contributed by atoms with Crippen molar-refractivity contribution in [2.24, 2.45) is 0 Å². The maximum atomic E-state index is 12.3. The summed E-state index contributed by atoms with van der Waals surface area (Å²) >= 11 is 0. The Morgan fingerprint density at radius 3 is 1.59 bits per heavy atom. The first kappa shape index (κ1) is 33.5. The minimum Gasteiger partial charge on any atom is -0.456 e. The lowest BCUT2D eigenvalue weighted by molar-refractivity contribution is -0.360.